The van der Waals surface area contributed by atoms with Crippen LogP contribution in [0.5, 0.6) is 0 Å². The Balaban J connectivity index is 2.20. The zero-order valence-electron chi connectivity index (χ0n) is 14.0. The van der Waals surface area contributed by atoms with Gasteiger partial charge in [0.1, 0.15) is 17.8 Å². The Kier molecular flexibility index (Phi) is 4.93. The summed E-state index contributed by atoms with van der Waals surface area (Å²) in [4.78, 5) is 22.5. The monoisotopic (exact) mass is 340 g/mol. The average molecular weight is 340 g/mol. The molecule has 2 heterocycles. The number of sulfone groups is 1. The number of carbonyl (C=O) groups excluding carboxylic acids is 1. The number of carbonyl (C=O) groups is 1. The summed E-state index contributed by atoms with van der Waals surface area (Å²) >= 11 is 0. The average Bonchev–Trinajstić information content (AvgIpc) is 2.78. The van der Waals surface area contributed by atoms with Crippen molar-refractivity contribution < 1.29 is 13.2 Å². The van der Waals surface area contributed by atoms with E-state index in [1.807, 2.05) is 27.7 Å². The van der Waals surface area contributed by atoms with E-state index in [9.17, 15) is 13.2 Å². The first-order valence-corrected chi connectivity index (χ1v) is 9.55. The number of nitrogens with one attached hydrogen (secondary N) is 1. The van der Waals surface area contributed by atoms with Crippen LogP contribution in [0.25, 0.3) is 0 Å². The summed E-state index contributed by atoms with van der Waals surface area (Å²) in [5.41, 5.74) is 0.0939. The first-order valence-electron chi connectivity index (χ1n) is 7.73. The highest BCUT2D eigenvalue weighted by Gasteiger charge is 2.34. The minimum absolute atomic E-state index is 0.0325. The van der Waals surface area contributed by atoms with E-state index in [2.05, 4.69) is 15.3 Å². The molecule has 0 saturated carbocycles. The molecular weight excluding hydrogens is 316 g/mol. The van der Waals surface area contributed by atoms with Crippen LogP contribution in [0.4, 0.5) is 5.82 Å². The first-order chi connectivity index (χ1) is 10.6. The molecule has 23 heavy (non-hydrogen) atoms. The van der Waals surface area contributed by atoms with Gasteiger partial charge in [-0.1, -0.05) is 0 Å². The second kappa shape index (κ2) is 6.43. The van der Waals surface area contributed by atoms with E-state index < -0.39 is 9.84 Å². The molecule has 1 N–H and O–H groups in total. The van der Waals surface area contributed by atoms with Gasteiger partial charge in [0.2, 0.25) is 0 Å². The summed E-state index contributed by atoms with van der Waals surface area (Å²) in [6, 6.07) is 1.34. The third kappa shape index (κ3) is 4.63. The Hall–Kier alpha value is -1.70. The summed E-state index contributed by atoms with van der Waals surface area (Å²) in [5.74, 6) is 0.493. The van der Waals surface area contributed by atoms with Crippen LogP contribution in [-0.2, 0) is 9.84 Å². The number of aromatic nitrogens is 2. The molecule has 7 nitrogen and oxygen atoms in total. The second-order valence-electron chi connectivity index (χ2n) is 6.81. The van der Waals surface area contributed by atoms with Gasteiger partial charge in [-0.05, 0) is 34.1 Å². The highest BCUT2D eigenvalue weighted by atomic mass is 32.2. The predicted octanol–water partition coefficient (Wildman–Crippen LogP) is 1.34. The Morgan fingerprint density at radius 1 is 1.39 bits per heavy atom. The SMILES string of the molecule is CCN(C(=O)c1cc(NC(C)(C)C)ncn1)C1CCS(=O)(=O)C1. The van der Waals surface area contributed by atoms with Crippen molar-refractivity contribution in [2.75, 3.05) is 23.4 Å². The normalized spacial score (nSPS) is 20.3. The van der Waals surface area contributed by atoms with Crippen LogP contribution in [0, 0.1) is 0 Å². The van der Waals surface area contributed by atoms with Gasteiger partial charge < -0.3 is 10.2 Å². The van der Waals surface area contributed by atoms with E-state index in [0.717, 1.165) is 0 Å². The Labute approximate surface area is 137 Å². The van der Waals surface area contributed by atoms with Gasteiger partial charge in [0.25, 0.3) is 5.91 Å². The van der Waals surface area contributed by atoms with Gasteiger partial charge in [0.15, 0.2) is 9.84 Å². The molecule has 0 spiro atoms. The van der Waals surface area contributed by atoms with Gasteiger partial charge >= 0.3 is 0 Å². The molecule has 8 heteroatoms. The molecule has 1 aliphatic heterocycles. The molecule has 0 radical (unpaired) electrons. The highest BCUT2D eigenvalue weighted by Crippen LogP contribution is 2.20. The van der Waals surface area contributed by atoms with Crippen molar-refractivity contribution in [1.29, 1.82) is 0 Å². The van der Waals surface area contributed by atoms with Crippen LogP contribution in [0.15, 0.2) is 12.4 Å². The van der Waals surface area contributed by atoms with Crippen LogP contribution in [0.2, 0.25) is 0 Å². The molecule has 1 saturated heterocycles. The van der Waals surface area contributed by atoms with E-state index in [-0.39, 0.29) is 34.7 Å². The van der Waals surface area contributed by atoms with Crippen molar-refractivity contribution in [2.45, 2.75) is 45.7 Å². The minimum atomic E-state index is -3.04. The molecule has 1 aromatic rings. The Morgan fingerprint density at radius 2 is 2.09 bits per heavy atom. The van der Waals surface area contributed by atoms with Crippen molar-refractivity contribution in [3.8, 4) is 0 Å². The number of hydrogen-bond acceptors (Lipinski definition) is 6. The molecule has 0 aromatic carbocycles. The fourth-order valence-electron chi connectivity index (χ4n) is 2.66. The lowest BCUT2D eigenvalue weighted by atomic mass is 10.1. The van der Waals surface area contributed by atoms with Gasteiger partial charge in [-0.25, -0.2) is 18.4 Å². The van der Waals surface area contributed by atoms with Crippen molar-refractivity contribution >= 4 is 21.6 Å². The standard InChI is InChI=1S/C15H24N4O3S/c1-5-19(11-6-7-23(21,22)9-11)14(20)12-8-13(17-10-16-12)18-15(2,3)4/h8,10-11H,5-7,9H2,1-4H3,(H,16,17,18). The third-order valence-electron chi connectivity index (χ3n) is 3.64. The molecule has 1 aromatic heterocycles. The van der Waals surface area contributed by atoms with E-state index in [1.165, 1.54) is 6.33 Å². The fourth-order valence-corrected chi connectivity index (χ4v) is 4.39. The van der Waals surface area contributed by atoms with Crippen molar-refractivity contribution in [3.63, 3.8) is 0 Å². The number of nitrogens with zero attached hydrogens (tertiary/aromatic N) is 3. The molecule has 1 amide bonds. The van der Waals surface area contributed by atoms with Gasteiger partial charge in [-0.3, -0.25) is 4.79 Å². The van der Waals surface area contributed by atoms with E-state index in [4.69, 9.17) is 0 Å². The highest BCUT2D eigenvalue weighted by molar-refractivity contribution is 7.91. The number of hydrogen-bond donors (Lipinski definition) is 1. The number of anilines is 1. The molecule has 2 rings (SSSR count). The molecule has 1 atom stereocenters. The first kappa shape index (κ1) is 17.7. The predicted molar refractivity (Wildman–Crippen MR) is 89.2 cm³/mol. The van der Waals surface area contributed by atoms with Gasteiger partial charge in [-0.2, -0.15) is 0 Å². The van der Waals surface area contributed by atoms with Gasteiger partial charge in [0.05, 0.1) is 11.5 Å². The molecule has 0 bridgehead atoms. The summed E-state index contributed by atoms with van der Waals surface area (Å²) in [6.07, 6.45) is 1.83. The van der Waals surface area contributed by atoms with Crippen molar-refractivity contribution in [3.05, 3.63) is 18.1 Å². The molecule has 0 aliphatic carbocycles. The maximum Gasteiger partial charge on any atom is 0.272 e. The summed E-state index contributed by atoms with van der Waals surface area (Å²) in [7, 11) is -3.04. The topological polar surface area (TPSA) is 92.3 Å². The summed E-state index contributed by atoms with van der Waals surface area (Å²) in [6.45, 7) is 8.29. The molecule has 1 aliphatic rings. The van der Waals surface area contributed by atoms with Gasteiger partial charge in [0, 0.05) is 24.2 Å². The Morgan fingerprint density at radius 3 is 2.61 bits per heavy atom. The fraction of sp³-hybridized carbons (Fsp3) is 0.667. The van der Waals surface area contributed by atoms with Crippen molar-refractivity contribution in [2.24, 2.45) is 0 Å². The smallest absolute Gasteiger partial charge is 0.272 e. The number of rotatable bonds is 4. The summed E-state index contributed by atoms with van der Waals surface area (Å²) < 4.78 is 23.3. The van der Waals surface area contributed by atoms with E-state index >= 15 is 0 Å². The van der Waals surface area contributed by atoms with E-state index in [1.54, 1.807) is 11.0 Å². The van der Waals surface area contributed by atoms with Crippen LogP contribution < -0.4 is 5.32 Å². The van der Waals surface area contributed by atoms with E-state index in [0.29, 0.717) is 18.8 Å². The van der Waals surface area contributed by atoms with Crippen LogP contribution in [0.1, 0.15) is 44.6 Å². The lowest BCUT2D eigenvalue weighted by molar-refractivity contribution is 0.0702. The van der Waals surface area contributed by atoms with Gasteiger partial charge in [-0.15, -0.1) is 0 Å². The molecule has 1 fully saturated rings. The van der Waals surface area contributed by atoms with Crippen LogP contribution in [0.3, 0.4) is 0 Å². The Bertz CT molecular complexity index is 682. The van der Waals surface area contributed by atoms with Crippen LogP contribution in [-0.4, -0.2) is 58.8 Å². The lowest BCUT2D eigenvalue weighted by Crippen LogP contribution is -2.41. The number of amides is 1. The zero-order valence-corrected chi connectivity index (χ0v) is 14.9. The third-order valence-corrected chi connectivity index (χ3v) is 5.39. The maximum atomic E-state index is 12.7. The lowest BCUT2D eigenvalue weighted by Gasteiger charge is -2.27. The molecule has 128 valence electrons. The quantitative estimate of drug-likeness (QED) is 0.889. The second-order valence-corrected chi connectivity index (χ2v) is 9.04. The largest absolute Gasteiger partial charge is 0.365 e. The molecular formula is C15H24N4O3S. The van der Waals surface area contributed by atoms with Crippen molar-refractivity contribution in [1.82, 2.24) is 14.9 Å². The minimum Gasteiger partial charge on any atom is -0.365 e. The van der Waals surface area contributed by atoms with Crippen LogP contribution >= 0.6 is 0 Å². The zero-order chi connectivity index (χ0) is 17.3. The summed E-state index contributed by atoms with van der Waals surface area (Å²) in [5, 5.41) is 3.20. The maximum absolute atomic E-state index is 12.7. The molecule has 1 unspecified atom stereocenters.